The number of unbranched alkanes of at least 4 members (excludes halogenated alkanes) is 2. The second-order valence-electron chi connectivity index (χ2n) is 19.3. The number of nitrogens with zero attached hydrogens (tertiary/aromatic N) is 6. The lowest BCUT2D eigenvalue weighted by atomic mass is 10.0. The number of rotatable bonds is 24. The van der Waals surface area contributed by atoms with Crippen molar-refractivity contribution in [3.05, 3.63) is 161 Å². The van der Waals surface area contributed by atoms with E-state index in [1.807, 2.05) is 77.6 Å². The maximum absolute atomic E-state index is 13.7. The van der Waals surface area contributed by atoms with E-state index in [0.717, 1.165) is 95.3 Å². The highest BCUT2D eigenvalue weighted by Crippen LogP contribution is 2.31. The van der Waals surface area contributed by atoms with E-state index in [1.165, 1.54) is 22.3 Å². The van der Waals surface area contributed by atoms with E-state index >= 15 is 0 Å². The van der Waals surface area contributed by atoms with Gasteiger partial charge >= 0.3 is 0 Å². The van der Waals surface area contributed by atoms with E-state index < -0.39 is 6.04 Å². The third kappa shape index (κ3) is 14.6. The summed E-state index contributed by atoms with van der Waals surface area (Å²) in [7, 11) is 0. The highest BCUT2D eigenvalue weighted by molar-refractivity contribution is 5.96. The lowest BCUT2D eigenvalue weighted by molar-refractivity contribution is -0.138. The molecule has 2 aliphatic rings. The number of aryl methyl sites for hydroxylation is 2. The molecule has 2 atom stereocenters. The molecule has 0 spiro atoms. The number of hydrogen-bond donors (Lipinski definition) is 2. The van der Waals surface area contributed by atoms with Crippen molar-refractivity contribution >= 4 is 34.6 Å². The summed E-state index contributed by atoms with van der Waals surface area (Å²) in [5.41, 5.74) is 11.3. The zero-order valence-corrected chi connectivity index (χ0v) is 43.7. The molecule has 1 aliphatic carbocycles. The molecule has 1 fully saturated rings. The summed E-state index contributed by atoms with van der Waals surface area (Å²) in [6, 6.07) is 34.4. The molecular formula is C62H68N8O6. The first-order chi connectivity index (χ1) is 37.4. The maximum Gasteiger partial charge on any atom is 0.247 e. The number of ether oxygens (including phenoxy) is 4. The monoisotopic (exact) mass is 1020 g/mol. The molecule has 392 valence electrons. The summed E-state index contributed by atoms with van der Waals surface area (Å²) in [5, 5.41) is 12.7. The fourth-order valence-electron chi connectivity index (χ4n) is 9.62. The smallest absolute Gasteiger partial charge is 0.247 e. The summed E-state index contributed by atoms with van der Waals surface area (Å²) in [6.07, 6.45) is 15.8. The van der Waals surface area contributed by atoms with Gasteiger partial charge in [-0.05, 0) is 148 Å². The topological polar surface area (TPSA) is 155 Å². The number of aromatic nitrogens is 5. The Labute approximate surface area is 446 Å². The summed E-state index contributed by atoms with van der Waals surface area (Å²) in [5.74, 6) is 7.62. The predicted octanol–water partition coefficient (Wildman–Crippen LogP) is 9.54. The van der Waals surface area contributed by atoms with E-state index in [2.05, 4.69) is 83.8 Å². The van der Waals surface area contributed by atoms with Crippen molar-refractivity contribution < 1.29 is 28.5 Å². The molecule has 1 aliphatic heterocycles. The van der Waals surface area contributed by atoms with Crippen molar-refractivity contribution in [3.8, 4) is 40.2 Å². The Morgan fingerprint density at radius 3 is 2.36 bits per heavy atom. The van der Waals surface area contributed by atoms with Gasteiger partial charge in [-0.3, -0.25) is 14.6 Å². The van der Waals surface area contributed by atoms with Gasteiger partial charge in [0, 0.05) is 78.0 Å². The number of carbonyl (C=O) groups is 2. The lowest BCUT2D eigenvalue weighted by Crippen LogP contribution is -2.51. The number of anilines is 1. The molecule has 2 amide bonds. The van der Waals surface area contributed by atoms with Crippen LogP contribution in [0.15, 0.2) is 128 Å². The van der Waals surface area contributed by atoms with E-state index in [4.69, 9.17) is 34.0 Å². The number of carbonyl (C=O) groups excluding carboxylic acids is 2. The van der Waals surface area contributed by atoms with Gasteiger partial charge < -0.3 is 34.5 Å². The number of likely N-dealkylation sites (tertiary alicyclic amines) is 1. The van der Waals surface area contributed by atoms with Crippen LogP contribution in [0.2, 0.25) is 0 Å². The minimum Gasteiger partial charge on any atom is -0.379 e. The molecule has 3 aromatic heterocycles. The SMILES string of the molecule is Cc1ccc(-c2nn(-c3ccccc3)cc2/C=C/C(=O)N2CCCCC2C(=O)NCCCCCOCCOCCOCCOCC#Cc2ccc3c(c2)CC(Nc2nc(-c4cccnc4)nc4ccccc24)C3)cc1C. The molecule has 14 nitrogen and oxygen atoms in total. The van der Waals surface area contributed by atoms with Crippen LogP contribution >= 0.6 is 0 Å². The molecular weight excluding hydrogens is 953 g/mol. The summed E-state index contributed by atoms with van der Waals surface area (Å²) >= 11 is 0. The Morgan fingerprint density at radius 2 is 1.54 bits per heavy atom. The Hall–Kier alpha value is -7.54. The average molecular weight is 1020 g/mol. The van der Waals surface area contributed by atoms with Crippen molar-refractivity contribution in [2.45, 2.75) is 77.3 Å². The lowest BCUT2D eigenvalue weighted by Gasteiger charge is -2.34. The van der Waals surface area contributed by atoms with E-state index in [-0.39, 0.29) is 17.9 Å². The van der Waals surface area contributed by atoms with E-state index in [0.29, 0.717) is 78.2 Å². The second kappa shape index (κ2) is 27.3. The number of fused-ring (bicyclic) bond motifs is 2. The number of benzene rings is 4. The zero-order valence-electron chi connectivity index (χ0n) is 43.7. The highest BCUT2D eigenvalue weighted by Gasteiger charge is 2.31. The van der Waals surface area contributed by atoms with Crippen molar-refractivity contribution in [2.24, 2.45) is 0 Å². The van der Waals surface area contributed by atoms with Gasteiger partial charge in [-0.25, -0.2) is 14.6 Å². The Balaban J connectivity index is 0.595. The van der Waals surface area contributed by atoms with Gasteiger partial charge in [0.1, 0.15) is 18.5 Å². The quantitative estimate of drug-likeness (QED) is 0.0338. The van der Waals surface area contributed by atoms with Crippen LogP contribution in [0.1, 0.15) is 71.9 Å². The fourth-order valence-corrected chi connectivity index (χ4v) is 9.62. The molecule has 4 heterocycles. The van der Waals surface area contributed by atoms with Gasteiger partial charge in [-0.15, -0.1) is 0 Å². The van der Waals surface area contributed by atoms with Crippen LogP contribution in [0.3, 0.4) is 0 Å². The van der Waals surface area contributed by atoms with Crippen LogP contribution in [0, 0.1) is 25.7 Å². The first-order valence-corrected chi connectivity index (χ1v) is 26.7. The van der Waals surface area contributed by atoms with Crippen LogP contribution in [0.25, 0.3) is 45.3 Å². The van der Waals surface area contributed by atoms with Gasteiger partial charge in [-0.1, -0.05) is 60.4 Å². The molecule has 2 N–H and O–H groups in total. The number of pyridine rings is 1. The molecule has 14 heteroatoms. The van der Waals surface area contributed by atoms with Crippen LogP contribution in [0.5, 0.6) is 0 Å². The number of amides is 2. The fraction of sp³-hybridized carbons (Fsp3) is 0.355. The van der Waals surface area contributed by atoms with Crippen molar-refractivity contribution in [1.82, 2.24) is 34.9 Å². The minimum atomic E-state index is -0.486. The Bertz CT molecular complexity index is 3130. The standard InChI is InChI=1S/C62H68N8O6/c1-45-22-24-49(39-46(45)2)59-51(44-70(68-59)54-17-5-3-6-18-54)26-27-58(71)69-30-11-9-21-57(69)62(72)64-29-10-4-12-31-73-33-35-75-37-38-76-36-34-74-32-14-15-47-23-25-48-41-53(42-52(48)40-47)65-61-55-19-7-8-20-56(55)66-60(67-61)50-16-13-28-63-43-50/h3,5-8,13,16-20,22-28,39-40,43-44,53,57H,4,9-12,21,29-38,41-42H2,1-2H3,(H,64,72)(H,65,66,67)/b27-26+. The molecule has 0 saturated carbocycles. The second-order valence-corrected chi connectivity index (χ2v) is 19.3. The molecule has 9 rings (SSSR count). The van der Waals surface area contributed by atoms with Gasteiger partial charge in [0.25, 0.3) is 0 Å². The first kappa shape index (κ1) is 53.3. The first-order valence-electron chi connectivity index (χ1n) is 26.7. The average Bonchev–Trinajstić information content (AvgIpc) is 4.08. The minimum absolute atomic E-state index is 0.0921. The van der Waals surface area contributed by atoms with Crippen LogP contribution in [-0.2, 0) is 41.4 Å². The molecule has 1 saturated heterocycles. The van der Waals surface area contributed by atoms with Gasteiger partial charge in [0.05, 0.1) is 56.5 Å². The molecule has 2 unspecified atom stereocenters. The van der Waals surface area contributed by atoms with Crippen molar-refractivity contribution in [3.63, 3.8) is 0 Å². The summed E-state index contributed by atoms with van der Waals surface area (Å²) in [6.45, 7) is 9.13. The molecule has 0 radical (unpaired) electrons. The Morgan fingerprint density at radius 1 is 0.750 bits per heavy atom. The third-order valence-electron chi connectivity index (χ3n) is 13.8. The van der Waals surface area contributed by atoms with Crippen LogP contribution < -0.4 is 10.6 Å². The van der Waals surface area contributed by atoms with Crippen molar-refractivity contribution in [2.75, 3.05) is 71.3 Å². The summed E-state index contributed by atoms with van der Waals surface area (Å²) < 4.78 is 24.6. The van der Waals surface area contributed by atoms with E-state index in [9.17, 15) is 9.59 Å². The largest absolute Gasteiger partial charge is 0.379 e. The Kier molecular flexibility index (Phi) is 19.1. The van der Waals surface area contributed by atoms with Crippen LogP contribution in [0.4, 0.5) is 5.82 Å². The number of nitrogens with one attached hydrogen (secondary N) is 2. The number of hydrogen-bond acceptors (Lipinski definition) is 11. The third-order valence-corrected chi connectivity index (χ3v) is 13.8. The van der Waals surface area contributed by atoms with Gasteiger partial charge in [0.2, 0.25) is 11.8 Å². The predicted molar refractivity (Wildman–Crippen MR) is 298 cm³/mol. The van der Waals surface area contributed by atoms with E-state index in [1.54, 1.807) is 23.4 Å². The number of piperidine rings is 1. The molecule has 7 aromatic rings. The highest BCUT2D eigenvalue weighted by atomic mass is 16.6. The molecule has 0 bridgehead atoms. The number of para-hydroxylation sites is 2. The van der Waals surface area contributed by atoms with Gasteiger partial charge in [-0.2, -0.15) is 5.10 Å². The zero-order chi connectivity index (χ0) is 52.3. The normalized spacial score (nSPS) is 15.2. The van der Waals surface area contributed by atoms with Crippen LogP contribution in [-0.4, -0.2) is 119 Å². The maximum atomic E-state index is 13.7. The molecule has 76 heavy (non-hydrogen) atoms. The summed E-state index contributed by atoms with van der Waals surface area (Å²) in [4.78, 5) is 42.8. The van der Waals surface area contributed by atoms with Gasteiger partial charge in [0.15, 0.2) is 5.82 Å². The van der Waals surface area contributed by atoms with Crippen molar-refractivity contribution in [1.29, 1.82) is 0 Å². The molecule has 4 aromatic carbocycles.